The van der Waals surface area contributed by atoms with Gasteiger partial charge >= 0.3 is 0 Å². The molecule has 1 heterocycles. The minimum atomic E-state index is -0.558. The van der Waals surface area contributed by atoms with Gasteiger partial charge in [-0.3, -0.25) is 0 Å². The molecule has 0 N–H and O–H groups in total. The molecule has 1 atom stereocenters. The topological polar surface area (TPSA) is 12.5 Å². The number of para-hydroxylation sites is 2. The Labute approximate surface area is 339 Å². The van der Waals surface area contributed by atoms with Crippen LogP contribution in [0.3, 0.4) is 0 Å². The Morgan fingerprint density at radius 1 is 0.379 bits per heavy atom. The smallest absolute Gasteiger partial charge is 0.132 e. The number of hydrogen-bond donors (Lipinski definition) is 0. The second-order valence-corrected chi connectivity index (χ2v) is 16.4. The summed E-state index contributed by atoms with van der Waals surface area (Å²) in [4.78, 5) is 2.39. The van der Waals surface area contributed by atoms with Crippen molar-refractivity contribution in [1.82, 2.24) is 0 Å². The van der Waals surface area contributed by atoms with Crippen LogP contribution >= 0.6 is 0 Å². The summed E-state index contributed by atoms with van der Waals surface area (Å²) in [5.74, 6) is 1.82. The summed E-state index contributed by atoms with van der Waals surface area (Å²) in [6, 6.07) is 73.5. The minimum absolute atomic E-state index is 0.0868. The summed E-state index contributed by atoms with van der Waals surface area (Å²) in [7, 11) is 0. The van der Waals surface area contributed by atoms with E-state index in [4.69, 9.17) is 4.74 Å². The summed E-state index contributed by atoms with van der Waals surface area (Å²) in [6.07, 6.45) is 0. The lowest BCUT2D eigenvalue weighted by atomic mass is 9.64. The zero-order valence-electron chi connectivity index (χ0n) is 32.4. The summed E-state index contributed by atoms with van der Waals surface area (Å²) in [5.41, 5.74) is 18.0. The van der Waals surface area contributed by atoms with Crippen LogP contribution in [0.15, 0.2) is 200 Å². The van der Waals surface area contributed by atoms with E-state index in [0.717, 1.165) is 28.6 Å². The first-order valence-electron chi connectivity index (χ1n) is 20.3. The maximum atomic E-state index is 6.77. The molecule has 0 bridgehead atoms. The molecule has 274 valence electrons. The van der Waals surface area contributed by atoms with Gasteiger partial charge in [0, 0.05) is 33.6 Å². The summed E-state index contributed by atoms with van der Waals surface area (Å²) >= 11 is 0. The van der Waals surface area contributed by atoms with Gasteiger partial charge < -0.3 is 9.64 Å². The molecule has 2 nitrogen and oxygen atoms in total. The molecule has 2 aliphatic carbocycles. The van der Waals surface area contributed by atoms with Crippen molar-refractivity contribution >= 4 is 27.8 Å². The lowest BCUT2D eigenvalue weighted by molar-refractivity contribution is 0.438. The van der Waals surface area contributed by atoms with Crippen molar-refractivity contribution in [3.05, 3.63) is 234 Å². The van der Waals surface area contributed by atoms with Crippen molar-refractivity contribution in [3.8, 4) is 44.9 Å². The molecule has 1 spiro atoms. The normalized spacial score (nSPS) is 16.1. The molecule has 1 unspecified atom stereocenters. The number of nitrogens with zero attached hydrogens (tertiary/aromatic N) is 1. The van der Waals surface area contributed by atoms with E-state index in [1.54, 1.807) is 0 Å². The van der Waals surface area contributed by atoms with Crippen LogP contribution < -0.4 is 9.64 Å². The van der Waals surface area contributed by atoms with Crippen LogP contribution in [0.4, 0.5) is 17.1 Å². The number of fused-ring (bicyclic) bond motifs is 14. The van der Waals surface area contributed by atoms with Gasteiger partial charge in [0.05, 0.1) is 5.41 Å². The highest BCUT2D eigenvalue weighted by Gasteiger charge is 2.52. The van der Waals surface area contributed by atoms with Crippen LogP contribution in [-0.4, -0.2) is 0 Å². The van der Waals surface area contributed by atoms with Crippen molar-refractivity contribution in [2.45, 2.75) is 24.7 Å². The van der Waals surface area contributed by atoms with E-state index < -0.39 is 5.41 Å². The Balaban J connectivity index is 1.02. The number of benzene rings is 9. The Kier molecular flexibility index (Phi) is 6.93. The van der Waals surface area contributed by atoms with E-state index in [1.165, 1.54) is 77.5 Å². The number of ether oxygens (including phenoxy) is 1. The maximum Gasteiger partial charge on any atom is 0.132 e. The fourth-order valence-corrected chi connectivity index (χ4v) is 10.5. The van der Waals surface area contributed by atoms with Crippen LogP contribution in [0.25, 0.3) is 44.2 Å². The minimum Gasteiger partial charge on any atom is -0.457 e. The first-order chi connectivity index (χ1) is 28.5. The molecule has 12 rings (SSSR count). The van der Waals surface area contributed by atoms with E-state index >= 15 is 0 Å². The Hall–Kier alpha value is -7.16. The molecule has 0 radical (unpaired) electrons. The molecule has 0 saturated carbocycles. The van der Waals surface area contributed by atoms with E-state index in [9.17, 15) is 0 Å². The lowest BCUT2D eigenvalue weighted by Gasteiger charge is -2.40. The Morgan fingerprint density at radius 2 is 0.966 bits per heavy atom. The van der Waals surface area contributed by atoms with Crippen molar-refractivity contribution in [2.24, 2.45) is 0 Å². The summed E-state index contributed by atoms with van der Waals surface area (Å²) < 4.78 is 6.77. The van der Waals surface area contributed by atoms with Gasteiger partial charge in [-0.1, -0.05) is 159 Å². The zero-order valence-corrected chi connectivity index (χ0v) is 32.4. The zero-order chi connectivity index (χ0) is 38.6. The fraction of sp³-hybridized carbons (Fsp3) is 0.0714. The molecule has 0 amide bonds. The van der Waals surface area contributed by atoms with Crippen molar-refractivity contribution < 1.29 is 4.74 Å². The van der Waals surface area contributed by atoms with Crippen LogP contribution in [0.1, 0.15) is 47.2 Å². The van der Waals surface area contributed by atoms with Crippen molar-refractivity contribution in [2.75, 3.05) is 4.90 Å². The van der Waals surface area contributed by atoms with E-state index in [0.29, 0.717) is 0 Å². The van der Waals surface area contributed by atoms with E-state index in [2.05, 4.69) is 219 Å². The molecule has 0 saturated heterocycles. The third-order valence-electron chi connectivity index (χ3n) is 13.1. The standard InChI is InChI=1S/C56H39NO/c1-55(2)47-20-10-8-18-43(47)45-32-30-41(35-50(45)55)57(39-15-4-3-5-16-39)40-28-24-36(25-29-40)38-26-31-46-44-19-9-11-21-48(44)56(51(46)34-38)49-22-12-13-23-52(49)58-53-33-27-37-14-6-7-17-42(37)54(53)56/h3-35H,1-2H3. The highest BCUT2D eigenvalue weighted by molar-refractivity contribution is 5.98. The van der Waals surface area contributed by atoms with Crippen molar-refractivity contribution in [1.29, 1.82) is 0 Å². The molecular weight excluding hydrogens is 703 g/mol. The third-order valence-corrected chi connectivity index (χ3v) is 13.1. The van der Waals surface area contributed by atoms with Gasteiger partial charge in [-0.2, -0.15) is 0 Å². The monoisotopic (exact) mass is 741 g/mol. The number of hydrogen-bond acceptors (Lipinski definition) is 2. The number of rotatable bonds is 4. The molecule has 0 fully saturated rings. The quantitative estimate of drug-likeness (QED) is 0.178. The van der Waals surface area contributed by atoms with Gasteiger partial charge in [-0.15, -0.1) is 0 Å². The summed E-state index contributed by atoms with van der Waals surface area (Å²) in [6.45, 7) is 4.70. The van der Waals surface area contributed by atoms with Crippen molar-refractivity contribution in [3.63, 3.8) is 0 Å². The molecule has 9 aromatic carbocycles. The predicted octanol–water partition coefficient (Wildman–Crippen LogP) is 14.8. The van der Waals surface area contributed by atoms with E-state index in [-0.39, 0.29) is 5.41 Å². The fourth-order valence-electron chi connectivity index (χ4n) is 10.5. The lowest BCUT2D eigenvalue weighted by Crippen LogP contribution is -2.32. The first-order valence-corrected chi connectivity index (χ1v) is 20.3. The number of anilines is 3. The largest absolute Gasteiger partial charge is 0.457 e. The van der Waals surface area contributed by atoms with Crippen LogP contribution in [0, 0.1) is 0 Å². The third kappa shape index (κ3) is 4.49. The highest BCUT2D eigenvalue weighted by atomic mass is 16.5. The predicted molar refractivity (Wildman–Crippen MR) is 239 cm³/mol. The van der Waals surface area contributed by atoms with Crippen LogP contribution in [0.2, 0.25) is 0 Å². The molecule has 3 aliphatic rings. The van der Waals surface area contributed by atoms with Gasteiger partial charge in [0.25, 0.3) is 0 Å². The Morgan fingerprint density at radius 3 is 1.79 bits per heavy atom. The molecule has 9 aromatic rings. The van der Waals surface area contributed by atoms with Crippen LogP contribution in [-0.2, 0) is 10.8 Å². The molecule has 58 heavy (non-hydrogen) atoms. The first kappa shape index (κ1) is 33.0. The average Bonchev–Trinajstić information content (AvgIpc) is 3.69. The molecule has 0 aromatic heterocycles. The second-order valence-electron chi connectivity index (χ2n) is 16.4. The molecular formula is C56H39NO. The van der Waals surface area contributed by atoms with E-state index in [1.807, 2.05) is 0 Å². The van der Waals surface area contributed by atoms with Gasteiger partial charge in [0.1, 0.15) is 11.5 Å². The van der Waals surface area contributed by atoms with Gasteiger partial charge in [-0.25, -0.2) is 0 Å². The summed E-state index contributed by atoms with van der Waals surface area (Å²) in [5, 5.41) is 2.42. The second kappa shape index (κ2) is 12.2. The highest BCUT2D eigenvalue weighted by Crippen LogP contribution is 2.63. The SMILES string of the molecule is CC1(C)c2ccccc2-c2ccc(N(c3ccccc3)c3ccc(-c4ccc5c(c4)C4(c6ccccc6Oc6ccc7ccccc7c64)c4ccccc4-5)cc3)cc21. The maximum absolute atomic E-state index is 6.77. The van der Waals surface area contributed by atoms with Gasteiger partial charge in [0.2, 0.25) is 0 Å². The van der Waals surface area contributed by atoms with Crippen LogP contribution in [0.5, 0.6) is 11.5 Å². The molecule has 2 heteroatoms. The van der Waals surface area contributed by atoms with Gasteiger partial charge in [-0.05, 0) is 121 Å². The van der Waals surface area contributed by atoms with Gasteiger partial charge in [0.15, 0.2) is 0 Å². The molecule has 1 aliphatic heterocycles. The average molecular weight is 742 g/mol. The Bertz CT molecular complexity index is 3120.